The van der Waals surface area contributed by atoms with Crippen molar-refractivity contribution in [3.8, 4) is 5.75 Å². The third kappa shape index (κ3) is 4.71. The van der Waals surface area contributed by atoms with Gasteiger partial charge in [0.1, 0.15) is 12.4 Å². The van der Waals surface area contributed by atoms with E-state index in [1.165, 1.54) is 12.8 Å². The molecule has 3 N–H and O–H groups in total. The topological polar surface area (TPSA) is 47.3 Å². The second-order valence-electron chi connectivity index (χ2n) is 5.13. The average Bonchev–Trinajstić information content (AvgIpc) is 2.53. The molecule has 2 aromatic carbocycles. The van der Waals surface area contributed by atoms with E-state index < -0.39 is 0 Å². The average molecular weight is 284 g/mol. The minimum atomic E-state index is 0.532. The Morgan fingerprint density at radius 1 is 1.00 bits per heavy atom. The number of benzene rings is 2. The van der Waals surface area contributed by atoms with Crippen molar-refractivity contribution in [2.45, 2.75) is 32.8 Å². The molecule has 0 radical (unpaired) electrons. The van der Waals surface area contributed by atoms with Crippen molar-refractivity contribution in [3.63, 3.8) is 0 Å². The van der Waals surface area contributed by atoms with Crippen molar-refractivity contribution < 1.29 is 4.74 Å². The van der Waals surface area contributed by atoms with Gasteiger partial charge in [-0.2, -0.15) is 0 Å². The number of hydrogen-bond acceptors (Lipinski definition) is 3. The fourth-order valence-electron chi connectivity index (χ4n) is 2.16. The molecule has 2 aromatic rings. The largest absolute Gasteiger partial charge is 0.487 e. The number of para-hydroxylation sites is 1. The molecule has 0 fully saturated rings. The highest BCUT2D eigenvalue weighted by Crippen LogP contribution is 2.30. The van der Waals surface area contributed by atoms with Crippen molar-refractivity contribution in [2.75, 3.05) is 17.6 Å². The van der Waals surface area contributed by atoms with E-state index >= 15 is 0 Å². The maximum absolute atomic E-state index is 6.17. The standard InChI is InChI=1S/C18H24N2O/c1-2-3-7-13-20-16-11-8-12-17(18(16)19)21-14-15-9-5-4-6-10-15/h4-6,8-12,20H,2-3,7,13-14,19H2,1H3. The third-order valence-corrected chi connectivity index (χ3v) is 3.40. The highest BCUT2D eigenvalue weighted by molar-refractivity contribution is 5.72. The lowest BCUT2D eigenvalue weighted by molar-refractivity contribution is 0.308. The number of rotatable bonds is 8. The van der Waals surface area contributed by atoms with E-state index in [4.69, 9.17) is 10.5 Å². The monoisotopic (exact) mass is 284 g/mol. The summed E-state index contributed by atoms with van der Waals surface area (Å²) >= 11 is 0. The zero-order valence-electron chi connectivity index (χ0n) is 12.6. The third-order valence-electron chi connectivity index (χ3n) is 3.40. The summed E-state index contributed by atoms with van der Waals surface area (Å²) in [5.74, 6) is 0.736. The molecular weight excluding hydrogens is 260 g/mol. The van der Waals surface area contributed by atoms with Crippen LogP contribution in [0.4, 0.5) is 11.4 Å². The lowest BCUT2D eigenvalue weighted by Gasteiger charge is -2.14. The minimum absolute atomic E-state index is 0.532. The highest BCUT2D eigenvalue weighted by Gasteiger charge is 2.05. The summed E-state index contributed by atoms with van der Waals surface area (Å²) in [5.41, 5.74) is 8.95. The van der Waals surface area contributed by atoms with Crippen molar-refractivity contribution in [1.29, 1.82) is 0 Å². The summed E-state index contributed by atoms with van der Waals surface area (Å²) in [7, 11) is 0. The van der Waals surface area contributed by atoms with Crippen LogP contribution in [0, 0.1) is 0 Å². The first-order valence-electron chi connectivity index (χ1n) is 7.60. The predicted octanol–water partition coefficient (Wildman–Crippen LogP) is 4.45. The lowest BCUT2D eigenvalue weighted by Crippen LogP contribution is -2.06. The Bertz CT molecular complexity index is 540. The second-order valence-corrected chi connectivity index (χ2v) is 5.13. The zero-order valence-corrected chi connectivity index (χ0v) is 12.6. The molecule has 112 valence electrons. The molecule has 3 heteroatoms. The van der Waals surface area contributed by atoms with E-state index in [-0.39, 0.29) is 0 Å². The van der Waals surface area contributed by atoms with Crippen molar-refractivity contribution in [2.24, 2.45) is 0 Å². The van der Waals surface area contributed by atoms with E-state index in [0.717, 1.165) is 30.0 Å². The van der Waals surface area contributed by atoms with Gasteiger partial charge in [0.15, 0.2) is 0 Å². The normalized spacial score (nSPS) is 10.3. The number of anilines is 2. The molecule has 0 bridgehead atoms. The molecule has 0 aliphatic carbocycles. The van der Waals surface area contributed by atoms with E-state index in [9.17, 15) is 0 Å². The van der Waals surface area contributed by atoms with Crippen molar-refractivity contribution >= 4 is 11.4 Å². The first-order chi connectivity index (χ1) is 10.3. The molecule has 0 aromatic heterocycles. The summed E-state index contributed by atoms with van der Waals surface area (Å²) in [5, 5.41) is 3.38. The molecule has 0 unspecified atom stereocenters. The molecule has 2 rings (SSSR count). The number of hydrogen-bond donors (Lipinski definition) is 2. The van der Waals surface area contributed by atoms with Gasteiger partial charge in [0.05, 0.1) is 11.4 Å². The van der Waals surface area contributed by atoms with E-state index in [0.29, 0.717) is 12.3 Å². The number of ether oxygens (including phenoxy) is 1. The van der Waals surface area contributed by atoms with Crippen molar-refractivity contribution in [3.05, 3.63) is 54.1 Å². The molecule has 0 saturated heterocycles. The van der Waals surface area contributed by atoms with Crippen LogP contribution in [0.25, 0.3) is 0 Å². The summed E-state index contributed by atoms with van der Waals surface area (Å²) in [6.07, 6.45) is 3.61. The maximum atomic E-state index is 6.17. The first kappa shape index (κ1) is 15.2. The molecule has 21 heavy (non-hydrogen) atoms. The molecule has 0 aliphatic heterocycles. The van der Waals surface area contributed by atoms with Crippen LogP contribution in [-0.4, -0.2) is 6.54 Å². The fourth-order valence-corrected chi connectivity index (χ4v) is 2.16. The summed E-state index contributed by atoms with van der Waals surface area (Å²) < 4.78 is 5.83. The Kier molecular flexibility index (Phi) is 5.95. The van der Waals surface area contributed by atoms with E-state index in [2.05, 4.69) is 12.2 Å². The van der Waals surface area contributed by atoms with Gasteiger partial charge in [-0.3, -0.25) is 0 Å². The molecular formula is C18H24N2O. The van der Waals surface area contributed by atoms with Crippen LogP contribution in [0.15, 0.2) is 48.5 Å². The van der Waals surface area contributed by atoms with Gasteiger partial charge in [0, 0.05) is 6.54 Å². The Morgan fingerprint density at radius 2 is 1.81 bits per heavy atom. The Hall–Kier alpha value is -2.16. The second kappa shape index (κ2) is 8.20. The van der Waals surface area contributed by atoms with Gasteiger partial charge in [-0.05, 0) is 24.1 Å². The van der Waals surface area contributed by atoms with Crippen LogP contribution in [0.2, 0.25) is 0 Å². The molecule has 3 nitrogen and oxygen atoms in total. The molecule has 0 heterocycles. The van der Waals surface area contributed by atoms with Crippen LogP contribution in [0.1, 0.15) is 31.7 Å². The van der Waals surface area contributed by atoms with Crippen LogP contribution in [0.5, 0.6) is 5.75 Å². The lowest BCUT2D eigenvalue weighted by atomic mass is 10.2. The highest BCUT2D eigenvalue weighted by atomic mass is 16.5. The molecule has 0 saturated carbocycles. The Labute approximate surface area is 127 Å². The van der Waals surface area contributed by atoms with Gasteiger partial charge in [0.25, 0.3) is 0 Å². The van der Waals surface area contributed by atoms with Gasteiger partial charge in [-0.25, -0.2) is 0 Å². The molecule has 0 atom stereocenters. The van der Waals surface area contributed by atoms with E-state index in [1.54, 1.807) is 0 Å². The Morgan fingerprint density at radius 3 is 2.57 bits per heavy atom. The summed E-state index contributed by atoms with van der Waals surface area (Å²) in [4.78, 5) is 0. The minimum Gasteiger partial charge on any atom is -0.487 e. The number of nitrogens with one attached hydrogen (secondary N) is 1. The number of nitrogen functional groups attached to an aromatic ring is 1. The fraction of sp³-hybridized carbons (Fsp3) is 0.333. The van der Waals surface area contributed by atoms with Gasteiger partial charge in [0.2, 0.25) is 0 Å². The quantitative estimate of drug-likeness (QED) is 0.556. The molecule has 0 amide bonds. The van der Waals surface area contributed by atoms with Gasteiger partial charge in [-0.1, -0.05) is 56.2 Å². The van der Waals surface area contributed by atoms with Crippen LogP contribution in [0.3, 0.4) is 0 Å². The summed E-state index contributed by atoms with van der Waals surface area (Å²) in [6.45, 7) is 3.68. The summed E-state index contributed by atoms with van der Waals surface area (Å²) in [6, 6.07) is 16.0. The van der Waals surface area contributed by atoms with Crippen LogP contribution in [-0.2, 0) is 6.61 Å². The predicted molar refractivity (Wildman–Crippen MR) is 89.6 cm³/mol. The molecule has 0 spiro atoms. The number of nitrogens with two attached hydrogens (primary N) is 1. The molecule has 0 aliphatic rings. The van der Waals surface area contributed by atoms with Gasteiger partial charge >= 0.3 is 0 Å². The first-order valence-corrected chi connectivity index (χ1v) is 7.60. The van der Waals surface area contributed by atoms with Crippen LogP contribution < -0.4 is 15.8 Å². The van der Waals surface area contributed by atoms with Gasteiger partial charge in [-0.15, -0.1) is 0 Å². The van der Waals surface area contributed by atoms with Gasteiger partial charge < -0.3 is 15.8 Å². The van der Waals surface area contributed by atoms with E-state index in [1.807, 2.05) is 48.5 Å². The van der Waals surface area contributed by atoms with Crippen LogP contribution >= 0.6 is 0 Å². The van der Waals surface area contributed by atoms with Crippen molar-refractivity contribution in [1.82, 2.24) is 0 Å². The SMILES string of the molecule is CCCCCNc1cccc(OCc2ccccc2)c1N. The zero-order chi connectivity index (χ0) is 14.9. The smallest absolute Gasteiger partial charge is 0.144 e. The Balaban J connectivity index is 1.94. The maximum Gasteiger partial charge on any atom is 0.144 e. The number of unbranched alkanes of at least 4 members (excludes halogenated alkanes) is 2.